The molecule has 0 spiro atoms. The minimum Gasteiger partial charge on any atom is -0.395 e. The number of hydrogen-bond acceptors (Lipinski definition) is 3. The maximum atomic E-state index is 12.7. The van der Waals surface area contributed by atoms with Gasteiger partial charge < -0.3 is 9.40 Å². The Labute approximate surface area is 121 Å². The van der Waals surface area contributed by atoms with Crippen molar-refractivity contribution in [1.82, 2.24) is 0 Å². The van der Waals surface area contributed by atoms with E-state index in [1.54, 1.807) is 0 Å². The number of anilines is 1. The summed E-state index contributed by atoms with van der Waals surface area (Å²) in [5, 5.41) is 4.06. The third-order valence-corrected chi connectivity index (χ3v) is 5.05. The molecule has 2 rings (SSSR count). The van der Waals surface area contributed by atoms with Crippen molar-refractivity contribution in [2.24, 2.45) is 5.16 Å². The summed E-state index contributed by atoms with van der Waals surface area (Å²) in [6.45, 7) is 12.9. The Hall–Kier alpha value is -1.62. The van der Waals surface area contributed by atoms with E-state index in [0.29, 0.717) is 12.3 Å². The fourth-order valence-corrected chi connectivity index (χ4v) is 4.30. The van der Waals surface area contributed by atoms with Crippen LogP contribution in [0, 0.1) is 13.8 Å². The molecule has 108 valence electrons. The lowest BCUT2D eigenvalue weighted by molar-refractivity contribution is -0.111. The van der Waals surface area contributed by atoms with E-state index < -0.39 is 8.24 Å². The van der Waals surface area contributed by atoms with Crippen molar-refractivity contribution in [3.63, 3.8) is 0 Å². The van der Waals surface area contributed by atoms with Gasteiger partial charge in [0.15, 0.2) is 13.9 Å². The van der Waals surface area contributed by atoms with Gasteiger partial charge in [-0.1, -0.05) is 36.4 Å². The van der Waals surface area contributed by atoms with Gasteiger partial charge in [-0.2, -0.15) is 0 Å². The van der Waals surface area contributed by atoms with Gasteiger partial charge in [0.1, 0.15) is 6.61 Å². The zero-order valence-corrected chi connectivity index (χ0v) is 14.1. The summed E-state index contributed by atoms with van der Waals surface area (Å²) in [5.41, 5.74) is 4.62. The highest BCUT2D eigenvalue weighted by molar-refractivity contribution is 6.87. The average Bonchev–Trinajstić information content (AvgIpc) is 2.59. The number of rotatable bonds is 3. The molecular weight excluding hydrogens is 268 g/mol. The Morgan fingerprint density at radius 2 is 1.90 bits per heavy atom. The molecular formula is C15H22N2O2Si. The van der Waals surface area contributed by atoms with Gasteiger partial charge >= 0.3 is 0 Å². The minimum atomic E-state index is -1.82. The SMILES string of the molecule is CCO/N=C1\C(=O)N([Si](C)(C)C)c2c(C)cc(C)cc21. The molecule has 0 fully saturated rings. The van der Waals surface area contributed by atoms with Crippen molar-refractivity contribution in [3.8, 4) is 0 Å². The summed E-state index contributed by atoms with van der Waals surface area (Å²) in [6.07, 6.45) is 0. The first kappa shape index (κ1) is 14.8. The van der Waals surface area contributed by atoms with Crippen LogP contribution in [0.2, 0.25) is 19.6 Å². The minimum absolute atomic E-state index is 0.0266. The molecule has 0 N–H and O–H groups in total. The van der Waals surface area contributed by atoms with Crippen LogP contribution in [0.5, 0.6) is 0 Å². The zero-order valence-electron chi connectivity index (χ0n) is 13.1. The Morgan fingerprint density at radius 1 is 1.25 bits per heavy atom. The molecule has 1 aliphatic rings. The molecule has 0 aliphatic carbocycles. The number of amides is 1. The van der Waals surface area contributed by atoms with E-state index in [1.807, 2.05) is 24.5 Å². The summed E-state index contributed by atoms with van der Waals surface area (Å²) in [7, 11) is -1.82. The second-order valence-electron chi connectivity index (χ2n) is 6.15. The lowest BCUT2D eigenvalue weighted by atomic mass is 10.0. The van der Waals surface area contributed by atoms with Gasteiger partial charge in [-0.3, -0.25) is 4.79 Å². The molecule has 0 aromatic heterocycles. The van der Waals surface area contributed by atoms with E-state index in [-0.39, 0.29) is 5.91 Å². The van der Waals surface area contributed by atoms with Crippen LogP contribution in [0.4, 0.5) is 5.69 Å². The summed E-state index contributed by atoms with van der Waals surface area (Å²) in [6, 6.07) is 4.14. The maximum Gasteiger partial charge on any atom is 0.273 e. The molecule has 1 heterocycles. The second kappa shape index (κ2) is 5.05. The molecule has 0 unspecified atom stereocenters. The van der Waals surface area contributed by atoms with Gasteiger partial charge in [0.05, 0.1) is 0 Å². The quantitative estimate of drug-likeness (QED) is 0.633. The van der Waals surface area contributed by atoms with Crippen molar-refractivity contribution < 1.29 is 9.63 Å². The van der Waals surface area contributed by atoms with Gasteiger partial charge in [-0.25, -0.2) is 0 Å². The number of carbonyl (C=O) groups is 1. The van der Waals surface area contributed by atoms with Crippen LogP contribution in [0.1, 0.15) is 23.6 Å². The van der Waals surface area contributed by atoms with Crippen LogP contribution in [0.3, 0.4) is 0 Å². The van der Waals surface area contributed by atoms with Crippen LogP contribution in [0.15, 0.2) is 17.3 Å². The number of aryl methyl sites for hydroxylation is 2. The molecule has 20 heavy (non-hydrogen) atoms. The molecule has 0 saturated heterocycles. The third-order valence-electron chi connectivity index (χ3n) is 3.28. The fourth-order valence-electron chi connectivity index (χ4n) is 2.62. The van der Waals surface area contributed by atoms with Gasteiger partial charge in [0.2, 0.25) is 0 Å². The number of fused-ring (bicyclic) bond motifs is 1. The molecule has 0 atom stereocenters. The average molecular weight is 290 g/mol. The largest absolute Gasteiger partial charge is 0.395 e. The van der Waals surface area contributed by atoms with E-state index in [4.69, 9.17) is 4.84 Å². The van der Waals surface area contributed by atoms with Crippen LogP contribution in [-0.2, 0) is 9.63 Å². The Morgan fingerprint density at radius 3 is 2.45 bits per heavy atom. The van der Waals surface area contributed by atoms with Gasteiger partial charge in [-0.15, -0.1) is 0 Å². The molecule has 1 amide bonds. The van der Waals surface area contributed by atoms with Gasteiger partial charge in [0.25, 0.3) is 5.91 Å². The molecule has 1 aromatic rings. The van der Waals surface area contributed by atoms with E-state index in [1.165, 1.54) is 0 Å². The van der Waals surface area contributed by atoms with Crippen LogP contribution < -0.4 is 4.57 Å². The monoisotopic (exact) mass is 290 g/mol. The number of hydrogen-bond donors (Lipinski definition) is 0. The Balaban J connectivity index is 2.68. The maximum absolute atomic E-state index is 12.7. The van der Waals surface area contributed by atoms with Gasteiger partial charge in [-0.05, 0) is 32.4 Å². The molecule has 1 aromatic carbocycles. The Kier molecular flexibility index (Phi) is 3.73. The predicted octanol–water partition coefficient (Wildman–Crippen LogP) is 3.23. The number of nitrogens with zero attached hydrogens (tertiary/aromatic N) is 2. The smallest absolute Gasteiger partial charge is 0.273 e. The third kappa shape index (κ3) is 2.38. The molecule has 1 aliphatic heterocycles. The van der Waals surface area contributed by atoms with Crippen molar-refractivity contribution >= 4 is 25.5 Å². The first-order valence-electron chi connectivity index (χ1n) is 6.93. The van der Waals surface area contributed by atoms with Crippen LogP contribution in [-0.4, -0.2) is 26.5 Å². The van der Waals surface area contributed by atoms with Crippen LogP contribution >= 0.6 is 0 Å². The van der Waals surface area contributed by atoms with E-state index in [2.05, 4.69) is 37.8 Å². The van der Waals surface area contributed by atoms with E-state index in [9.17, 15) is 4.79 Å². The number of oxime groups is 1. The van der Waals surface area contributed by atoms with Crippen LogP contribution in [0.25, 0.3) is 0 Å². The van der Waals surface area contributed by atoms with Crippen molar-refractivity contribution in [2.45, 2.75) is 40.4 Å². The highest BCUT2D eigenvalue weighted by Gasteiger charge is 2.42. The summed E-state index contributed by atoms with van der Waals surface area (Å²) in [4.78, 5) is 17.9. The highest BCUT2D eigenvalue weighted by Crippen LogP contribution is 2.37. The molecule has 4 nitrogen and oxygen atoms in total. The predicted molar refractivity (Wildman–Crippen MR) is 84.9 cm³/mol. The summed E-state index contributed by atoms with van der Waals surface area (Å²) < 4.78 is 1.95. The molecule has 5 heteroatoms. The summed E-state index contributed by atoms with van der Waals surface area (Å²) in [5.74, 6) is -0.0266. The first-order valence-corrected chi connectivity index (χ1v) is 10.4. The standard InChI is InChI=1S/C15H22N2O2Si/c1-7-19-16-13-12-9-10(2)8-11(3)14(12)17(15(13)18)20(4,5)6/h8-9H,7H2,1-6H3/b16-13-. The number of carbonyl (C=O) groups excluding carboxylic acids is 1. The second-order valence-corrected chi connectivity index (χ2v) is 10.9. The molecule has 0 saturated carbocycles. The van der Waals surface area contributed by atoms with Gasteiger partial charge in [0, 0.05) is 11.3 Å². The highest BCUT2D eigenvalue weighted by atomic mass is 28.3. The molecule has 0 radical (unpaired) electrons. The van der Waals surface area contributed by atoms with Crippen molar-refractivity contribution in [2.75, 3.05) is 11.2 Å². The van der Waals surface area contributed by atoms with Crippen molar-refractivity contribution in [1.29, 1.82) is 0 Å². The topological polar surface area (TPSA) is 41.9 Å². The number of benzene rings is 1. The first-order chi connectivity index (χ1) is 9.27. The summed E-state index contributed by atoms with van der Waals surface area (Å²) >= 11 is 0. The normalized spacial score (nSPS) is 16.8. The lowest BCUT2D eigenvalue weighted by Gasteiger charge is -2.31. The van der Waals surface area contributed by atoms with E-state index >= 15 is 0 Å². The van der Waals surface area contributed by atoms with E-state index in [0.717, 1.165) is 22.4 Å². The van der Waals surface area contributed by atoms with Crippen molar-refractivity contribution in [3.05, 3.63) is 28.8 Å². The molecule has 0 bridgehead atoms. The fraction of sp³-hybridized carbons (Fsp3) is 0.467. The zero-order chi connectivity index (χ0) is 15.1. The Bertz CT molecular complexity index is 588. The lowest BCUT2D eigenvalue weighted by Crippen LogP contribution is -2.49.